The Hall–Kier alpha value is -2.16. The van der Waals surface area contributed by atoms with E-state index >= 15 is 0 Å². The van der Waals surface area contributed by atoms with Gasteiger partial charge in [-0.15, -0.1) is 0 Å². The molecule has 1 aliphatic carbocycles. The number of benzene rings is 2. The second-order valence-corrected chi connectivity index (χ2v) is 7.35. The van der Waals surface area contributed by atoms with Crippen molar-refractivity contribution in [2.24, 2.45) is 0 Å². The van der Waals surface area contributed by atoms with Gasteiger partial charge in [-0.25, -0.2) is 0 Å². The summed E-state index contributed by atoms with van der Waals surface area (Å²) in [4.78, 5) is 17.8. The maximum atomic E-state index is 13.2. The summed E-state index contributed by atoms with van der Waals surface area (Å²) in [6, 6.07) is 13.0. The molecule has 1 aliphatic rings. The fourth-order valence-electron chi connectivity index (χ4n) is 3.36. The molecule has 0 aliphatic heterocycles. The van der Waals surface area contributed by atoms with E-state index in [4.69, 9.17) is 23.2 Å². The predicted molar refractivity (Wildman–Crippen MR) is 116 cm³/mol. The number of ketones is 1. The van der Waals surface area contributed by atoms with Gasteiger partial charge in [0.25, 0.3) is 0 Å². The van der Waals surface area contributed by atoms with Crippen LogP contribution in [0.3, 0.4) is 0 Å². The van der Waals surface area contributed by atoms with Crippen LogP contribution in [0.15, 0.2) is 54.6 Å². The molecule has 1 heterocycles. The molecule has 1 saturated carbocycles. The summed E-state index contributed by atoms with van der Waals surface area (Å²) >= 11 is 12.8. The van der Waals surface area contributed by atoms with Gasteiger partial charge < -0.3 is 0 Å². The van der Waals surface area contributed by atoms with Crippen molar-refractivity contribution < 1.29 is 4.79 Å². The molecule has 28 heavy (non-hydrogen) atoms. The van der Waals surface area contributed by atoms with Crippen LogP contribution >= 0.6 is 23.2 Å². The summed E-state index contributed by atoms with van der Waals surface area (Å²) < 4.78 is 0. The molecule has 137 valence electrons. The molecule has 5 radical (unpaired) electrons. The molecule has 0 atom stereocenters. The van der Waals surface area contributed by atoms with E-state index in [0.717, 1.165) is 27.9 Å². The van der Waals surface area contributed by atoms with Gasteiger partial charge in [-0.1, -0.05) is 47.5 Å². The van der Waals surface area contributed by atoms with E-state index in [0.29, 0.717) is 21.3 Å². The standard InChI is InChI=1S/C24H16Cl2NO/c1-15-23(22(28)13-10-16-6-2-3-7-16)24(18-8-4-5-9-20(18)26)19-14-17(25)11-12-21(19)27-15/h2-14H,1H3/b13-10+. The van der Waals surface area contributed by atoms with Gasteiger partial charge >= 0.3 is 0 Å². The van der Waals surface area contributed by atoms with E-state index in [-0.39, 0.29) is 5.78 Å². The summed E-state index contributed by atoms with van der Waals surface area (Å²) in [5.74, 6) is 0.852. The van der Waals surface area contributed by atoms with Crippen LogP contribution in [0.2, 0.25) is 10.0 Å². The Morgan fingerprint density at radius 2 is 1.79 bits per heavy atom. The molecule has 0 bridgehead atoms. The molecule has 1 aromatic heterocycles. The predicted octanol–water partition coefficient (Wildman–Crippen LogP) is 6.66. The number of rotatable bonds is 4. The number of halogens is 2. The Balaban J connectivity index is 1.94. The first-order valence-electron chi connectivity index (χ1n) is 8.83. The summed E-state index contributed by atoms with van der Waals surface area (Å²) in [6.45, 7) is 1.85. The average Bonchev–Trinajstić information content (AvgIpc) is 3.20. The van der Waals surface area contributed by atoms with E-state index < -0.39 is 0 Å². The molecule has 1 fully saturated rings. The van der Waals surface area contributed by atoms with Gasteiger partial charge in [-0.2, -0.15) is 0 Å². The number of nitrogens with zero attached hydrogens (tertiary/aromatic N) is 1. The number of aryl methyl sites for hydroxylation is 1. The van der Waals surface area contributed by atoms with Crippen LogP contribution in [0.1, 0.15) is 16.1 Å². The minimum atomic E-state index is -0.122. The van der Waals surface area contributed by atoms with Crippen LogP contribution in [0.4, 0.5) is 0 Å². The number of hydrogen-bond acceptors (Lipinski definition) is 2. The number of allylic oxidation sites excluding steroid dienone is 2. The maximum Gasteiger partial charge on any atom is 0.188 e. The van der Waals surface area contributed by atoms with Gasteiger partial charge in [0.15, 0.2) is 5.78 Å². The molecular formula is C24H16Cl2NO. The van der Waals surface area contributed by atoms with Crippen molar-refractivity contribution in [3.8, 4) is 11.1 Å². The second-order valence-electron chi connectivity index (χ2n) is 6.50. The van der Waals surface area contributed by atoms with Crippen molar-refractivity contribution in [3.63, 3.8) is 0 Å². The molecule has 0 amide bonds. The zero-order chi connectivity index (χ0) is 19.7. The van der Waals surface area contributed by atoms with Crippen LogP contribution in [0.25, 0.3) is 22.0 Å². The lowest BCUT2D eigenvalue weighted by Gasteiger charge is -2.15. The Labute approximate surface area is 175 Å². The largest absolute Gasteiger partial charge is 0.289 e. The van der Waals surface area contributed by atoms with Gasteiger partial charge in [0.1, 0.15) is 0 Å². The van der Waals surface area contributed by atoms with E-state index in [9.17, 15) is 4.79 Å². The highest BCUT2D eigenvalue weighted by molar-refractivity contribution is 6.35. The van der Waals surface area contributed by atoms with E-state index in [1.807, 2.05) is 69.0 Å². The quantitative estimate of drug-likeness (QED) is 0.359. The molecular weight excluding hydrogens is 389 g/mol. The minimum Gasteiger partial charge on any atom is -0.289 e. The Kier molecular flexibility index (Phi) is 5.52. The maximum absolute atomic E-state index is 13.2. The van der Waals surface area contributed by atoms with Crippen molar-refractivity contribution in [3.05, 3.63) is 108 Å². The van der Waals surface area contributed by atoms with Crippen LogP contribution in [-0.4, -0.2) is 10.8 Å². The van der Waals surface area contributed by atoms with Crippen molar-refractivity contribution in [1.29, 1.82) is 0 Å². The van der Waals surface area contributed by atoms with E-state index in [2.05, 4.69) is 4.98 Å². The molecule has 4 rings (SSSR count). The third-order valence-corrected chi connectivity index (χ3v) is 5.20. The lowest BCUT2D eigenvalue weighted by atomic mass is 9.91. The highest BCUT2D eigenvalue weighted by Gasteiger charge is 2.21. The first-order chi connectivity index (χ1) is 13.5. The van der Waals surface area contributed by atoms with Crippen LogP contribution in [0.5, 0.6) is 0 Å². The first-order valence-corrected chi connectivity index (χ1v) is 9.59. The Morgan fingerprint density at radius 1 is 1.04 bits per heavy atom. The number of aromatic nitrogens is 1. The monoisotopic (exact) mass is 404 g/mol. The van der Waals surface area contributed by atoms with Gasteiger partial charge in [-0.3, -0.25) is 9.78 Å². The zero-order valence-electron chi connectivity index (χ0n) is 15.1. The van der Waals surface area contributed by atoms with Gasteiger partial charge in [-0.05, 0) is 62.9 Å². The average molecular weight is 405 g/mol. The van der Waals surface area contributed by atoms with Gasteiger partial charge in [0.05, 0.1) is 11.1 Å². The first kappa shape index (κ1) is 19.2. The third-order valence-electron chi connectivity index (χ3n) is 4.63. The topological polar surface area (TPSA) is 30.0 Å². The van der Waals surface area contributed by atoms with Gasteiger partial charge in [0.2, 0.25) is 0 Å². The summed E-state index contributed by atoms with van der Waals surface area (Å²) in [5, 5.41) is 1.96. The number of pyridine rings is 1. The molecule has 2 aromatic carbocycles. The number of carbonyl (C=O) groups excluding carboxylic acids is 1. The van der Waals surface area contributed by atoms with Crippen LogP contribution < -0.4 is 0 Å². The van der Waals surface area contributed by atoms with Gasteiger partial charge in [0, 0.05) is 38.2 Å². The Morgan fingerprint density at radius 3 is 2.54 bits per heavy atom. The van der Waals surface area contributed by atoms with Crippen LogP contribution in [0, 0.1) is 38.5 Å². The third kappa shape index (κ3) is 3.72. The highest BCUT2D eigenvalue weighted by Crippen LogP contribution is 2.38. The smallest absolute Gasteiger partial charge is 0.188 e. The summed E-state index contributed by atoms with van der Waals surface area (Å²) in [7, 11) is 0. The Bertz CT molecular complexity index is 1080. The molecule has 3 aromatic rings. The summed E-state index contributed by atoms with van der Waals surface area (Å²) in [6.07, 6.45) is 11.2. The summed E-state index contributed by atoms with van der Waals surface area (Å²) in [5.41, 5.74) is 3.50. The zero-order valence-corrected chi connectivity index (χ0v) is 16.6. The van der Waals surface area contributed by atoms with Crippen LogP contribution in [-0.2, 0) is 0 Å². The molecule has 0 N–H and O–H groups in total. The molecule has 2 nitrogen and oxygen atoms in total. The fourth-order valence-corrected chi connectivity index (χ4v) is 3.76. The molecule has 0 saturated heterocycles. The normalized spacial score (nSPS) is 15.0. The van der Waals surface area contributed by atoms with E-state index in [1.165, 1.54) is 0 Å². The van der Waals surface area contributed by atoms with Crippen molar-refractivity contribution >= 4 is 39.9 Å². The van der Waals surface area contributed by atoms with Crippen molar-refractivity contribution in [2.45, 2.75) is 6.92 Å². The number of carbonyl (C=O) groups is 1. The van der Waals surface area contributed by atoms with Crippen molar-refractivity contribution in [2.75, 3.05) is 0 Å². The molecule has 0 spiro atoms. The fraction of sp³-hybridized carbons (Fsp3) is 0.0417. The lowest BCUT2D eigenvalue weighted by Crippen LogP contribution is -2.06. The van der Waals surface area contributed by atoms with Crippen molar-refractivity contribution in [1.82, 2.24) is 4.98 Å². The lowest BCUT2D eigenvalue weighted by molar-refractivity contribution is 0.104. The highest BCUT2D eigenvalue weighted by atomic mass is 35.5. The SMILES string of the molecule is Cc1nc2ccc(Cl)cc2c(-c2ccccc2Cl)c1C(=O)/C=C/[C]1[CH][CH][CH][CH]1. The number of hydrogen-bond donors (Lipinski definition) is 0. The minimum absolute atomic E-state index is 0.122. The second kappa shape index (κ2) is 8.06. The molecule has 4 heteroatoms. The van der Waals surface area contributed by atoms with E-state index in [1.54, 1.807) is 18.2 Å². The number of fused-ring (bicyclic) bond motifs is 1. The molecule has 0 unspecified atom stereocenters.